The summed E-state index contributed by atoms with van der Waals surface area (Å²) in [7, 11) is 0. The van der Waals surface area contributed by atoms with Crippen molar-refractivity contribution in [3.05, 3.63) is 0 Å². The Hall–Kier alpha value is -0.120. The molecule has 2 aliphatic carbocycles. The van der Waals surface area contributed by atoms with Crippen LogP contribution in [0.1, 0.15) is 44.9 Å². The van der Waals surface area contributed by atoms with E-state index in [0.717, 1.165) is 25.8 Å². The maximum atomic E-state index is 10.1. The van der Waals surface area contributed by atoms with Crippen molar-refractivity contribution in [3.8, 4) is 0 Å². The van der Waals surface area contributed by atoms with Gasteiger partial charge in [0.25, 0.3) is 0 Å². The molecule has 0 bridgehead atoms. The smallest absolute Gasteiger partial charge is 0.0695 e. The van der Waals surface area contributed by atoms with E-state index in [1.165, 1.54) is 25.7 Å². The van der Waals surface area contributed by atoms with E-state index in [-0.39, 0.29) is 12.7 Å². The molecule has 0 saturated heterocycles. The molecule has 0 aromatic carbocycles. The minimum atomic E-state index is -0.167. The quantitative estimate of drug-likeness (QED) is 0.688. The third kappa shape index (κ3) is 2.92. The SMILES string of the molecule is OCCN(C1CC1)C1CCCCCC1O. The van der Waals surface area contributed by atoms with Gasteiger partial charge in [-0.05, 0) is 25.7 Å². The van der Waals surface area contributed by atoms with Gasteiger partial charge in [-0.2, -0.15) is 0 Å². The zero-order valence-corrected chi connectivity index (χ0v) is 9.44. The summed E-state index contributed by atoms with van der Waals surface area (Å²) in [6.07, 6.45) is 8.04. The first-order chi connectivity index (χ1) is 7.33. The number of hydrogen-bond acceptors (Lipinski definition) is 3. The normalized spacial score (nSPS) is 33.0. The Morgan fingerprint density at radius 1 is 1.00 bits per heavy atom. The maximum Gasteiger partial charge on any atom is 0.0695 e. The Morgan fingerprint density at radius 2 is 1.73 bits per heavy atom. The van der Waals surface area contributed by atoms with Crippen molar-refractivity contribution in [2.75, 3.05) is 13.2 Å². The lowest BCUT2D eigenvalue weighted by Gasteiger charge is -2.33. The van der Waals surface area contributed by atoms with Crippen LogP contribution in [0.4, 0.5) is 0 Å². The molecular formula is C12H23NO2. The molecule has 0 amide bonds. The van der Waals surface area contributed by atoms with Gasteiger partial charge in [-0.1, -0.05) is 19.3 Å². The molecular weight excluding hydrogens is 190 g/mol. The van der Waals surface area contributed by atoms with Crippen LogP contribution in [-0.4, -0.2) is 46.5 Å². The Balaban J connectivity index is 1.96. The van der Waals surface area contributed by atoms with Gasteiger partial charge in [0.05, 0.1) is 12.7 Å². The largest absolute Gasteiger partial charge is 0.395 e. The molecule has 0 aromatic rings. The number of hydrogen-bond donors (Lipinski definition) is 2. The van der Waals surface area contributed by atoms with Crippen LogP contribution in [0, 0.1) is 0 Å². The Bertz CT molecular complexity index is 194. The topological polar surface area (TPSA) is 43.7 Å². The third-order valence-corrected chi connectivity index (χ3v) is 3.74. The summed E-state index contributed by atoms with van der Waals surface area (Å²) in [5.41, 5.74) is 0. The van der Waals surface area contributed by atoms with Crippen molar-refractivity contribution >= 4 is 0 Å². The molecule has 2 aliphatic rings. The summed E-state index contributed by atoms with van der Waals surface area (Å²) in [6, 6.07) is 0.960. The van der Waals surface area contributed by atoms with Crippen LogP contribution in [0.3, 0.4) is 0 Å². The van der Waals surface area contributed by atoms with Crippen LogP contribution in [-0.2, 0) is 0 Å². The van der Waals surface area contributed by atoms with Gasteiger partial charge >= 0.3 is 0 Å². The molecule has 0 radical (unpaired) electrons. The van der Waals surface area contributed by atoms with Gasteiger partial charge < -0.3 is 10.2 Å². The molecule has 3 nitrogen and oxygen atoms in total. The molecule has 2 N–H and O–H groups in total. The van der Waals surface area contributed by atoms with Gasteiger partial charge in [0.2, 0.25) is 0 Å². The van der Waals surface area contributed by atoms with Gasteiger partial charge in [0, 0.05) is 18.6 Å². The molecule has 2 atom stereocenters. The summed E-state index contributed by atoms with van der Waals surface area (Å²) in [6.45, 7) is 0.964. The zero-order valence-electron chi connectivity index (χ0n) is 9.44. The molecule has 0 aromatic heterocycles. The number of nitrogens with zero attached hydrogens (tertiary/aromatic N) is 1. The highest BCUT2D eigenvalue weighted by Gasteiger charge is 2.36. The van der Waals surface area contributed by atoms with Crippen LogP contribution in [0.5, 0.6) is 0 Å². The van der Waals surface area contributed by atoms with Crippen LogP contribution < -0.4 is 0 Å². The third-order valence-electron chi connectivity index (χ3n) is 3.74. The van der Waals surface area contributed by atoms with Crippen molar-refractivity contribution in [2.24, 2.45) is 0 Å². The molecule has 2 unspecified atom stereocenters. The van der Waals surface area contributed by atoms with Crippen molar-refractivity contribution in [3.63, 3.8) is 0 Å². The summed E-state index contributed by atoms with van der Waals surface area (Å²) >= 11 is 0. The fraction of sp³-hybridized carbons (Fsp3) is 1.00. The highest BCUT2D eigenvalue weighted by atomic mass is 16.3. The van der Waals surface area contributed by atoms with Crippen LogP contribution in [0.15, 0.2) is 0 Å². The summed E-state index contributed by atoms with van der Waals surface area (Å²) < 4.78 is 0. The van der Waals surface area contributed by atoms with Crippen molar-refractivity contribution in [1.29, 1.82) is 0 Å². The van der Waals surface area contributed by atoms with E-state index in [1.807, 2.05) is 0 Å². The number of aliphatic hydroxyl groups excluding tert-OH is 2. The van der Waals surface area contributed by atoms with E-state index < -0.39 is 0 Å². The average molecular weight is 213 g/mol. The lowest BCUT2D eigenvalue weighted by molar-refractivity contribution is 0.0303. The number of aliphatic hydroxyl groups is 2. The van der Waals surface area contributed by atoms with Gasteiger partial charge in [0.1, 0.15) is 0 Å². The Labute approximate surface area is 92.1 Å². The first-order valence-electron chi connectivity index (χ1n) is 6.37. The standard InChI is InChI=1S/C12H23NO2/c14-9-8-13(10-6-7-10)11-4-2-1-3-5-12(11)15/h10-12,14-15H,1-9H2. The predicted molar refractivity (Wildman–Crippen MR) is 59.7 cm³/mol. The molecule has 88 valence electrons. The molecule has 2 fully saturated rings. The monoisotopic (exact) mass is 213 g/mol. The molecule has 2 rings (SSSR count). The summed E-state index contributed by atoms with van der Waals surface area (Å²) in [5.74, 6) is 0. The molecule has 0 aliphatic heterocycles. The molecule has 3 heteroatoms. The number of rotatable bonds is 4. The van der Waals surface area contributed by atoms with E-state index in [9.17, 15) is 5.11 Å². The highest BCUT2D eigenvalue weighted by Crippen LogP contribution is 2.32. The fourth-order valence-corrected chi connectivity index (χ4v) is 2.80. The minimum Gasteiger partial charge on any atom is -0.395 e. The highest BCUT2D eigenvalue weighted by molar-refractivity contribution is 4.92. The zero-order chi connectivity index (χ0) is 10.7. The minimum absolute atomic E-state index is 0.167. The first-order valence-corrected chi connectivity index (χ1v) is 6.37. The Morgan fingerprint density at radius 3 is 2.40 bits per heavy atom. The van der Waals surface area contributed by atoms with E-state index in [0.29, 0.717) is 12.1 Å². The summed E-state index contributed by atoms with van der Waals surface area (Å²) in [5, 5.41) is 19.2. The van der Waals surface area contributed by atoms with Crippen molar-refractivity contribution in [2.45, 2.75) is 63.1 Å². The fourth-order valence-electron chi connectivity index (χ4n) is 2.80. The van der Waals surface area contributed by atoms with Crippen molar-refractivity contribution in [1.82, 2.24) is 4.90 Å². The lowest BCUT2D eigenvalue weighted by Crippen LogP contribution is -2.45. The predicted octanol–water partition coefficient (Wildman–Crippen LogP) is 1.14. The second-order valence-corrected chi connectivity index (χ2v) is 4.97. The van der Waals surface area contributed by atoms with Crippen LogP contribution >= 0.6 is 0 Å². The van der Waals surface area contributed by atoms with Gasteiger partial charge in [-0.15, -0.1) is 0 Å². The Kier molecular flexibility index (Phi) is 4.00. The van der Waals surface area contributed by atoms with E-state index >= 15 is 0 Å². The van der Waals surface area contributed by atoms with E-state index in [1.54, 1.807) is 0 Å². The van der Waals surface area contributed by atoms with Crippen LogP contribution in [0.25, 0.3) is 0 Å². The van der Waals surface area contributed by atoms with Gasteiger partial charge in [0.15, 0.2) is 0 Å². The van der Waals surface area contributed by atoms with Gasteiger partial charge in [-0.3, -0.25) is 4.90 Å². The van der Waals surface area contributed by atoms with E-state index in [4.69, 9.17) is 5.11 Å². The van der Waals surface area contributed by atoms with Crippen molar-refractivity contribution < 1.29 is 10.2 Å². The van der Waals surface area contributed by atoms with E-state index in [2.05, 4.69) is 4.90 Å². The average Bonchev–Trinajstić information content (AvgIpc) is 3.02. The second-order valence-electron chi connectivity index (χ2n) is 4.97. The van der Waals surface area contributed by atoms with Crippen LogP contribution in [0.2, 0.25) is 0 Å². The maximum absolute atomic E-state index is 10.1. The molecule has 15 heavy (non-hydrogen) atoms. The first kappa shape index (κ1) is 11.4. The molecule has 0 heterocycles. The van der Waals surface area contributed by atoms with Gasteiger partial charge in [-0.25, -0.2) is 0 Å². The second kappa shape index (κ2) is 5.28. The lowest BCUT2D eigenvalue weighted by atomic mass is 10.0. The molecule has 0 spiro atoms. The molecule has 2 saturated carbocycles. The summed E-state index contributed by atoms with van der Waals surface area (Å²) in [4.78, 5) is 2.36.